The summed E-state index contributed by atoms with van der Waals surface area (Å²) in [5.41, 5.74) is 3.69. The molecule has 0 bridgehead atoms. The Hall–Kier alpha value is -2.71. The molecule has 1 aromatic carbocycles. The first-order chi connectivity index (χ1) is 10.3. The molecule has 5 nitrogen and oxygen atoms in total. The van der Waals surface area contributed by atoms with E-state index in [2.05, 4.69) is 21.3 Å². The molecule has 2 heterocycles. The van der Waals surface area contributed by atoms with Crippen LogP contribution in [0.1, 0.15) is 17.9 Å². The number of hydrogen-bond donors (Lipinski definition) is 2. The number of pyridine rings is 1. The van der Waals surface area contributed by atoms with Gasteiger partial charge in [0.25, 0.3) is 0 Å². The standard InChI is InChI=1S/C16H14N4O/c17-9-13(5-7-21)11-2-1-3-12(8-11)14-4-6-18-16-15(14)10-19-20-16/h1-4,6,8,10,13,21H,5,7H2,(H,18,19,20). The number of rotatable bonds is 4. The molecule has 0 spiro atoms. The van der Waals surface area contributed by atoms with Gasteiger partial charge in [-0.15, -0.1) is 0 Å². The molecular formula is C16H14N4O. The molecular weight excluding hydrogens is 264 g/mol. The highest BCUT2D eigenvalue weighted by molar-refractivity contribution is 5.92. The van der Waals surface area contributed by atoms with Crippen LogP contribution in [0.15, 0.2) is 42.7 Å². The van der Waals surface area contributed by atoms with Gasteiger partial charge < -0.3 is 5.11 Å². The van der Waals surface area contributed by atoms with Crippen LogP contribution in [-0.4, -0.2) is 26.9 Å². The zero-order valence-corrected chi connectivity index (χ0v) is 11.3. The quantitative estimate of drug-likeness (QED) is 0.768. The molecule has 0 aliphatic rings. The summed E-state index contributed by atoms with van der Waals surface area (Å²) in [5, 5.41) is 26.1. The molecule has 0 saturated carbocycles. The van der Waals surface area contributed by atoms with E-state index in [0.29, 0.717) is 6.42 Å². The highest BCUT2D eigenvalue weighted by Crippen LogP contribution is 2.29. The van der Waals surface area contributed by atoms with Crippen molar-refractivity contribution in [3.8, 4) is 17.2 Å². The Bertz CT molecular complexity index is 803. The Morgan fingerprint density at radius 2 is 2.24 bits per heavy atom. The van der Waals surface area contributed by atoms with E-state index in [4.69, 9.17) is 5.11 Å². The van der Waals surface area contributed by atoms with Crippen molar-refractivity contribution in [3.05, 3.63) is 48.3 Å². The van der Waals surface area contributed by atoms with Crippen LogP contribution < -0.4 is 0 Å². The predicted octanol–water partition coefficient (Wildman–Crippen LogP) is 2.61. The van der Waals surface area contributed by atoms with Gasteiger partial charge in [0.2, 0.25) is 0 Å². The van der Waals surface area contributed by atoms with Crippen molar-refractivity contribution in [2.75, 3.05) is 6.61 Å². The summed E-state index contributed by atoms with van der Waals surface area (Å²) in [6.07, 6.45) is 3.93. The fraction of sp³-hybridized carbons (Fsp3) is 0.188. The van der Waals surface area contributed by atoms with Crippen LogP contribution in [0.4, 0.5) is 0 Å². The minimum absolute atomic E-state index is 0.00366. The van der Waals surface area contributed by atoms with Crippen molar-refractivity contribution in [1.29, 1.82) is 5.26 Å². The van der Waals surface area contributed by atoms with Crippen molar-refractivity contribution in [1.82, 2.24) is 15.2 Å². The van der Waals surface area contributed by atoms with Gasteiger partial charge in [0.15, 0.2) is 5.65 Å². The summed E-state index contributed by atoms with van der Waals surface area (Å²) in [4.78, 5) is 4.23. The maximum atomic E-state index is 9.22. The van der Waals surface area contributed by atoms with Gasteiger partial charge in [-0.2, -0.15) is 10.4 Å². The molecule has 104 valence electrons. The third-order valence-electron chi connectivity index (χ3n) is 3.53. The van der Waals surface area contributed by atoms with Gasteiger partial charge >= 0.3 is 0 Å². The Balaban J connectivity index is 2.08. The van der Waals surface area contributed by atoms with E-state index in [9.17, 15) is 5.26 Å². The van der Waals surface area contributed by atoms with Crippen LogP contribution in [0.3, 0.4) is 0 Å². The second-order valence-electron chi connectivity index (χ2n) is 4.81. The van der Waals surface area contributed by atoms with Crippen molar-refractivity contribution in [2.45, 2.75) is 12.3 Å². The molecule has 1 unspecified atom stereocenters. The number of fused-ring (bicyclic) bond motifs is 1. The molecule has 3 aromatic rings. The van der Waals surface area contributed by atoms with E-state index in [1.54, 1.807) is 12.4 Å². The molecule has 21 heavy (non-hydrogen) atoms. The Kier molecular flexibility index (Phi) is 3.63. The average Bonchev–Trinajstić information content (AvgIpc) is 3.01. The van der Waals surface area contributed by atoms with Crippen LogP contribution in [0.5, 0.6) is 0 Å². The van der Waals surface area contributed by atoms with Gasteiger partial charge in [-0.3, -0.25) is 5.10 Å². The van der Waals surface area contributed by atoms with Gasteiger partial charge in [0.1, 0.15) is 0 Å². The van der Waals surface area contributed by atoms with Gasteiger partial charge in [0, 0.05) is 18.2 Å². The minimum Gasteiger partial charge on any atom is -0.396 e. The molecule has 0 saturated heterocycles. The second-order valence-corrected chi connectivity index (χ2v) is 4.81. The summed E-state index contributed by atoms with van der Waals surface area (Å²) in [5.74, 6) is -0.295. The Morgan fingerprint density at radius 3 is 3.05 bits per heavy atom. The minimum atomic E-state index is -0.295. The third kappa shape index (κ3) is 2.49. The van der Waals surface area contributed by atoms with Crippen LogP contribution in [0.25, 0.3) is 22.2 Å². The molecule has 0 fully saturated rings. The molecule has 1 atom stereocenters. The van der Waals surface area contributed by atoms with Crippen molar-refractivity contribution in [2.24, 2.45) is 0 Å². The Labute approximate surface area is 121 Å². The average molecular weight is 278 g/mol. The smallest absolute Gasteiger partial charge is 0.155 e. The fourth-order valence-corrected chi connectivity index (χ4v) is 2.46. The Morgan fingerprint density at radius 1 is 1.33 bits per heavy atom. The number of aromatic nitrogens is 3. The first-order valence-corrected chi connectivity index (χ1v) is 6.72. The number of nitrogens with one attached hydrogen (secondary N) is 1. The first kappa shape index (κ1) is 13.3. The molecule has 3 rings (SSSR count). The summed E-state index contributed by atoms with van der Waals surface area (Å²) in [7, 11) is 0. The lowest BCUT2D eigenvalue weighted by Crippen LogP contribution is -1.99. The number of nitrogens with zero attached hydrogens (tertiary/aromatic N) is 3. The van der Waals surface area contributed by atoms with Gasteiger partial charge in [-0.25, -0.2) is 4.98 Å². The molecule has 0 amide bonds. The van der Waals surface area contributed by atoms with E-state index >= 15 is 0 Å². The monoisotopic (exact) mass is 278 g/mol. The zero-order valence-electron chi connectivity index (χ0n) is 11.3. The summed E-state index contributed by atoms with van der Waals surface area (Å²) in [6.45, 7) is 0.00366. The highest BCUT2D eigenvalue weighted by Gasteiger charge is 2.12. The number of hydrogen-bond acceptors (Lipinski definition) is 4. The van der Waals surface area contributed by atoms with E-state index in [1.807, 2.05) is 30.3 Å². The number of benzene rings is 1. The lowest BCUT2D eigenvalue weighted by atomic mass is 9.93. The number of H-pyrrole nitrogens is 1. The largest absolute Gasteiger partial charge is 0.396 e. The zero-order chi connectivity index (χ0) is 14.7. The van der Waals surface area contributed by atoms with Crippen LogP contribution >= 0.6 is 0 Å². The maximum Gasteiger partial charge on any atom is 0.155 e. The number of aliphatic hydroxyl groups is 1. The SMILES string of the molecule is N#CC(CCO)c1cccc(-c2ccnc3[nH]ncc23)c1. The van der Waals surface area contributed by atoms with E-state index in [0.717, 1.165) is 27.7 Å². The molecule has 0 radical (unpaired) electrons. The predicted molar refractivity (Wildman–Crippen MR) is 79.4 cm³/mol. The molecule has 0 aliphatic carbocycles. The summed E-state index contributed by atoms with van der Waals surface area (Å²) < 4.78 is 0. The number of aliphatic hydroxyl groups excluding tert-OH is 1. The van der Waals surface area contributed by atoms with Crippen LogP contribution in [-0.2, 0) is 0 Å². The van der Waals surface area contributed by atoms with Gasteiger partial charge in [-0.1, -0.05) is 18.2 Å². The van der Waals surface area contributed by atoms with E-state index in [1.165, 1.54) is 0 Å². The molecule has 2 N–H and O–H groups in total. The lowest BCUT2D eigenvalue weighted by Gasteiger charge is -2.10. The maximum absolute atomic E-state index is 9.22. The molecule has 5 heteroatoms. The fourth-order valence-electron chi connectivity index (χ4n) is 2.46. The van der Waals surface area contributed by atoms with E-state index < -0.39 is 0 Å². The molecule has 0 aliphatic heterocycles. The van der Waals surface area contributed by atoms with Gasteiger partial charge in [0.05, 0.1) is 18.2 Å². The van der Waals surface area contributed by atoms with Gasteiger partial charge in [-0.05, 0) is 35.2 Å². The summed E-state index contributed by atoms with van der Waals surface area (Å²) >= 11 is 0. The lowest BCUT2D eigenvalue weighted by molar-refractivity contribution is 0.283. The van der Waals surface area contributed by atoms with E-state index in [-0.39, 0.29) is 12.5 Å². The summed E-state index contributed by atoms with van der Waals surface area (Å²) in [6, 6.07) is 12.0. The third-order valence-corrected chi connectivity index (χ3v) is 3.53. The molecule has 2 aromatic heterocycles. The number of nitriles is 1. The van der Waals surface area contributed by atoms with Crippen molar-refractivity contribution >= 4 is 11.0 Å². The normalized spacial score (nSPS) is 12.2. The van der Waals surface area contributed by atoms with Crippen molar-refractivity contribution in [3.63, 3.8) is 0 Å². The first-order valence-electron chi connectivity index (χ1n) is 6.72. The second kappa shape index (κ2) is 5.73. The van der Waals surface area contributed by atoms with Crippen LogP contribution in [0.2, 0.25) is 0 Å². The number of aromatic amines is 1. The van der Waals surface area contributed by atoms with Crippen LogP contribution in [0, 0.1) is 11.3 Å². The van der Waals surface area contributed by atoms with Crippen molar-refractivity contribution < 1.29 is 5.11 Å². The highest BCUT2D eigenvalue weighted by atomic mass is 16.3. The topological polar surface area (TPSA) is 85.6 Å².